The fourth-order valence-electron chi connectivity index (χ4n) is 3.09. The molecule has 2 N–H and O–H groups in total. The number of nitrogens with zero attached hydrogens (tertiary/aromatic N) is 2. The summed E-state index contributed by atoms with van der Waals surface area (Å²) >= 11 is 0. The SMILES string of the molecule is CN=C(NCCN1CCCCC1)NCc1ccc(C)cc1OCCOC.I. The van der Waals surface area contributed by atoms with Crippen molar-refractivity contribution in [3.05, 3.63) is 29.3 Å². The molecule has 1 fully saturated rings. The molecule has 2 rings (SSSR count). The third-order valence-corrected chi connectivity index (χ3v) is 4.61. The molecule has 7 heteroatoms. The van der Waals surface area contributed by atoms with E-state index < -0.39 is 0 Å². The van der Waals surface area contributed by atoms with Gasteiger partial charge < -0.3 is 25.0 Å². The zero-order chi connectivity index (χ0) is 18.6. The van der Waals surface area contributed by atoms with Gasteiger partial charge in [-0.2, -0.15) is 0 Å². The molecule has 27 heavy (non-hydrogen) atoms. The van der Waals surface area contributed by atoms with Gasteiger partial charge in [0.15, 0.2) is 5.96 Å². The molecule has 0 spiro atoms. The minimum absolute atomic E-state index is 0. The van der Waals surface area contributed by atoms with Gasteiger partial charge in [-0.15, -0.1) is 24.0 Å². The Morgan fingerprint density at radius 3 is 2.63 bits per heavy atom. The second kappa shape index (κ2) is 14.0. The zero-order valence-corrected chi connectivity index (χ0v) is 19.3. The average Bonchev–Trinajstić information content (AvgIpc) is 2.66. The predicted octanol–water partition coefficient (Wildman–Crippen LogP) is 2.79. The molecule has 1 aliphatic heterocycles. The Labute approximate surface area is 181 Å². The number of rotatable bonds is 9. The lowest BCUT2D eigenvalue weighted by molar-refractivity contribution is 0.145. The first kappa shape index (κ1) is 24.0. The molecule has 154 valence electrons. The van der Waals surface area contributed by atoms with E-state index in [1.165, 1.54) is 37.9 Å². The molecule has 6 nitrogen and oxygen atoms in total. The zero-order valence-electron chi connectivity index (χ0n) is 16.9. The van der Waals surface area contributed by atoms with E-state index in [2.05, 4.69) is 45.6 Å². The number of benzene rings is 1. The van der Waals surface area contributed by atoms with E-state index in [1.54, 1.807) is 14.2 Å². The van der Waals surface area contributed by atoms with Gasteiger partial charge in [-0.25, -0.2) is 0 Å². The second-order valence-electron chi connectivity index (χ2n) is 6.71. The molecule has 1 aliphatic rings. The van der Waals surface area contributed by atoms with Gasteiger partial charge in [-0.3, -0.25) is 4.99 Å². The smallest absolute Gasteiger partial charge is 0.191 e. The minimum Gasteiger partial charge on any atom is -0.491 e. The van der Waals surface area contributed by atoms with Crippen LogP contribution in [0.15, 0.2) is 23.2 Å². The maximum atomic E-state index is 5.85. The molecule has 1 saturated heterocycles. The van der Waals surface area contributed by atoms with E-state index in [0.29, 0.717) is 19.8 Å². The van der Waals surface area contributed by atoms with Crippen LogP contribution in [0.4, 0.5) is 0 Å². The lowest BCUT2D eigenvalue weighted by atomic mass is 10.1. The van der Waals surface area contributed by atoms with E-state index in [-0.39, 0.29) is 24.0 Å². The molecule has 0 saturated carbocycles. The van der Waals surface area contributed by atoms with Crippen LogP contribution < -0.4 is 15.4 Å². The average molecular weight is 490 g/mol. The largest absolute Gasteiger partial charge is 0.491 e. The third kappa shape index (κ3) is 9.12. The highest BCUT2D eigenvalue weighted by molar-refractivity contribution is 14.0. The van der Waals surface area contributed by atoms with Crippen molar-refractivity contribution >= 4 is 29.9 Å². The number of hydrogen-bond donors (Lipinski definition) is 2. The Morgan fingerprint density at radius 1 is 1.15 bits per heavy atom. The van der Waals surface area contributed by atoms with Crippen molar-refractivity contribution in [2.45, 2.75) is 32.7 Å². The molecule has 1 aromatic carbocycles. The van der Waals surface area contributed by atoms with Crippen LogP contribution in [-0.4, -0.2) is 64.4 Å². The van der Waals surface area contributed by atoms with Gasteiger partial charge in [0.25, 0.3) is 0 Å². The van der Waals surface area contributed by atoms with E-state index in [4.69, 9.17) is 9.47 Å². The van der Waals surface area contributed by atoms with Crippen LogP contribution in [0.3, 0.4) is 0 Å². The van der Waals surface area contributed by atoms with Crippen LogP contribution in [-0.2, 0) is 11.3 Å². The summed E-state index contributed by atoms with van der Waals surface area (Å²) in [7, 11) is 3.49. The number of methoxy groups -OCH3 is 1. The van der Waals surface area contributed by atoms with E-state index in [1.807, 2.05) is 0 Å². The van der Waals surface area contributed by atoms with Crippen LogP contribution in [0, 0.1) is 6.92 Å². The summed E-state index contributed by atoms with van der Waals surface area (Å²) in [6, 6.07) is 6.28. The Hall–Kier alpha value is -1.06. The van der Waals surface area contributed by atoms with Gasteiger partial charge in [-0.1, -0.05) is 18.6 Å². The lowest BCUT2D eigenvalue weighted by Crippen LogP contribution is -2.42. The number of likely N-dealkylation sites (tertiary alicyclic amines) is 1. The number of hydrogen-bond acceptors (Lipinski definition) is 4. The van der Waals surface area contributed by atoms with Gasteiger partial charge in [-0.05, 0) is 44.5 Å². The van der Waals surface area contributed by atoms with Crippen molar-refractivity contribution in [2.75, 3.05) is 53.6 Å². The third-order valence-electron chi connectivity index (χ3n) is 4.61. The number of ether oxygens (including phenoxy) is 2. The molecule has 0 amide bonds. The van der Waals surface area contributed by atoms with E-state index in [0.717, 1.165) is 30.4 Å². The normalized spacial score (nSPS) is 15.1. The molecule has 0 unspecified atom stereocenters. The first-order chi connectivity index (χ1) is 12.7. The summed E-state index contributed by atoms with van der Waals surface area (Å²) in [5.41, 5.74) is 2.30. The molecule has 1 aromatic rings. The van der Waals surface area contributed by atoms with Crippen molar-refractivity contribution in [2.24, 2.45) is 4.99 Å². The highest BCUT2D eigenvalue weighted by atomic mass is 127. The monoisotopic (exact) mass is 490 g/mol. The fraction of sp³-hybridized carbons (Fsp3) is 0.650. The number of nitrogens with one attached hydrogen (secondary N) is 2. The molecule has 0 radical (unpaired) electrons. The van der Waals surface area contributed by atoms with Crippen LogP contribution in [0.25, 0.3) is 0 Å². The number of guanidine groups is 1. The quantitative estimate of drug-likeness (QED) is 0.241. The predicted molar refractivity (Wildman–Crippen MR) is 122 cm³/mol. The Morgan fingerprint density at radius 2 is 1.93 bits per heavy atom. The summed E-state index contributed by atoms with van der Waals surface area (Å²) in [4.78, 5) is 6.84. The summed E-state index contributed by atoms with van der Waals surface area (Å²) < 4.78 is 10.9. The minimum atomic E-state index is 0. The molecular weight excluding hydrogens is 455 g/mol. The number of halogens is 1. The second-order valence-corrected chi connectivity index (χ2v) is 6.71. The van der Waals surface area contributed by atoms with E-state index in [9.17, 15) is 0 Å². The Balaban J connectivity index is 0.00000364. The van der Waals surface area contributed by atoms with Gasteiger partial charge in [0, 0.05) is 39.4 Å². The fourth-order valence-corrected chi connectivity index (χ4v) is 3.09. The highest BCUT2D eigenvalue weighted by Crippen LogP contribution is 2.20. The van der Waals surface area contributed by atoms with Crippen LogP contribution in [0.2, 0.25) is 0 Å². The van der Waals surface area contributed by atoms with Gasteiger partial charge in [0.2, 0.25) is 0 Å². The van der Waals surface area contributed by atoms with Crippen molar-refractivity contribution in [1.29, 1.82) is 0 Å². The Kier molecular flexibility index (Phi) is 12.4. The molecule has 0 aromatic heterocycles. The van der Waals surface area contributed by atoms with Crippen molar-refractivity contribution in [3.8, 4) is 5.75 Å². The van der Waals surface area contributed by atoms with Crippen molar-refractivity contribution in [1.82, 2.24) is 15.5 Å². The summed E-state index contributed by atoms with van der Waals surface area (Å²) in [6.45, 7) is 8.30. The van der Waals surface area contributed by atoms with Crippen molar-refractivity contribution in [3.63, 3.8) is 0 Å². The molecular formula is C20H35IN4O2. The molecule has 0 aliphatic carbocycles. The first-order valence-electron chi connectivity index (χ1n) is 9.61. The number of piperidine rings is 1. The van der Waals surface area contributed by atoms with Crippen LogP contribution >= 0.6 is 24.0 Å². The standard InChI is InChI=1S/C20H34N4O2.HI/c1-17-7-8-18(19(15-17)26-14-13-25-3)16-23-20(21-2)22-9-12-24-10-5-4-6-11-24;/h7-8,15H,4-6,9-14,16H2,1-3H3,(H2,21,22,23);1H. The summed E-state index contributed by atoms with van der Waals surface area (Å²) in [6.07, 6.45) is 4.02. The van der Waals surface area contributed by atoms with Gasteiger partial charge in [0.1, 0.15) is 12.4 Å². The van der Waals surface area contributed by atoms with Crippen molar-refractivity contribution < 1.29 is 9.47 Å². The lowest BCUT2D eigenvalue weighted by Gasteiger charge is -2.26. The van der Waals surface area contributed by atoms with Crippen LogP contribution in [0.1, 0.15) is 30.4 Å². The maximum Gasteiger partial charge on any atom is 0.191 e. The Bertz CT molecular complexity index is 563. The first-order valence-corrected chi connectivity index (χ1v) is 9.61. The van der Waals surface area contributed by atoms with E-state index >= 15 is 0 Å². The van der Waals surface area contributed by atoms with Gasteiger partial charge >= 0.3 is 0 Å². The highest BCUT2D eigenvalue weighted by Gasteiger charge is 2.10. The summed E-state index contributed by atoms with van der Waals surface area (Å²) in [5, 5.41) is 6.79. The molecule has 0 bridgehead atoms. The van der Waals surface area contributed by atoms with Gasteiger partial charge in [0.05, 0.1) is 6.61 Å². The van der Waals surface area contributed by atoms with Crippen LogP contribution in [0.5, 0.6) is 5.75 Å². The number of aryl methyl sites for hydroxylation is 1. The maximum absolute atomic E-state index is 5.85. The molecule has 0 atom stereocenters. The topological polar surface area (TPSA) is 58.1 Å². The number of aliphatic imine (C=N–C) groups is 1. The summed E-state index contributed by atoms with van der Waals surface area (Å²) in [5.74, 6) is 1.73. The molecule has 1 heterocycles.